The highest BCUT2D eigenvalue weighted by Crippen LogP contribution is 2.39. The first-order chi connectivity index (χ1) is 13.9. The fraction of sp³-hybridized carbons (Fsp3) is 0.478. The van der Waals surface area contributed by atoms with E-state index in [-0.39, 0.29) is 17.1 Å². The molecule has 0 N–H and O–H groups in total. The molecular weight excluding hydrogens is 384 g/mol. The van der Waals surface area contributed by atoms with Crippen molar-refractivity contribution >= 4 is 0 Å². The molecule has 0 aromatic heterocycles. The topological polar surface area (TPSA) is 18.5 Å². The van der Waals surface area contributed by atoms with Crippen molar-refractivity contribution in [1.29, 1.82) is 0 Å². The van der Waals surface area contributed by atoms with Gasteiger partial charge in [0.15, 0.2) is 0 Å². The molecule has 2 nitrogen and oxygen atoms in total. The van der Waals surface area contributed by atoms with Crippen LogP contribution >= 0.6 is 0 Å². The summed E-state index contributed by atoms with van der Waals surface area (Å²) in [6.07, 6.45) is 3.55. The van der Waals surface area contributed by atoms with Crippen molar-refractivity contribution < 1.29 is 27.0 Å². The molecule has 2 aromatic carbocycles. The van der Waals surface area contributed by atoms with Crippen LogP contribution in [0.1, 0.15) is 62.5 Å². The Morgan fingerprint density at radius 1 is 0.897 bits per heavy atom. The van der Waals surface area contributed by atoms with Gasteiger partial charge in [0.1, 0.15) is 11.5 Å². The lowest BCUT2D eigenvalue weighted by molar-refractivity contribution is -0.185. The highest BCUT2D eigenvalue weighted by atomic mass is 19.3. The third-order valence-electron chi connectivity index (χ3n) is 5.56. The molecule has 0 spiro atoms. The zero-order valence-electron chi connectivity index (χ0n) is 16.4. The second kappa shape index (κ2) is 9.51. The average molecular weight is 410 g/mol. The largest absolute Gasteiger partial charge is 0.435 e. The molecule has 0 atom stereocenters. The van der Waals surface area contributed by atoms with Gasteiger partial charge in [-0.15, -0.1) is 0 Å². The molecule has 1 aliphatic carbocycles. The lowest BCUT2D eigenvalue weighted by atomic mass is 9.77. The number of hydrogen-bond acceptors (Lipinski definition) is 2. The molecule has 1 fully saturated rings. The Hall–Kier alpha value is -2.24. The molecule has 2 aromatic rings. The first-order valence-corrected chi connectivity index (χ1v) is 10.1. The van der Waals surface area contributed by atoms with Crippen molar-refractivity contribution in [2.24, 2.45) is 5.92 Å². The molecular formula is C23H26F4O2. The summed E-state index contributed by atoms with van der Waals surface area (Å²) in [5.74, 6) is 0.975. The molecule has 3 rings (SSSR count). The highest BCUT2D eigenvalue weighted by molar-refractivity contribution is 5.33. The highest BCUT2D eigenvalue weighted by Gasteiger charge is 2.34. The maximum absolute atomic E-state index is 14.5. The molecule has 0 saturated heterocycles. The van der Waals surface area contributed by atoms with Gasteiger partial charge < -0.3 is 9.47 Å². The molecule has 158 valence electrons. The minimum Gasteiger partial charge on any atom is -0.435 e. The zero-order chi connectivity index (χ0) is 20.9. The van der Waals surface area contributed by atoms with Gasteiger partial charge in [0.05, 0.1) is 5.56 Å². The molecule has 0 heterocycles. The lowest BCUT2D eigenvalue weighted by Gasteiger charge is -2.29. The van der Waals surface area contributed by atoms with E-state index in [4.69, 9.17) is 4.74 Å². The Morgan fingerprint density at radius 2 is 1.48 bits per heavy atom. The van der Waals surface area contributed by atoms with Crippen LogP contribution in [0.3, 0.4) is 0 Å². The van der Waals surface area contributed by atoms with Crippen molar-refractivity contribution in [3.05, 3.63) is 59.7 Å². The predicted molar refractivity (Wildman–Crippen MR) is 104 cm³/mol. The standard InChI is InChI=1S/C23H26F4O2/c1-2-3-16-4-6-17(7-5-16)18-8-10-19(11-9-18)23(26,27)29-21-14-12-20(13-15-21)28-22(24)25/h8-17,22H,2-7H2,1H3/t16-,17-. The number of rotatable bonds is 8. The van der Waals surface area contributed by atoms with Gasteiger partial charge in [-0.1, -0.05) is 31.9 Å². The van der Waals surface area contributed by atoms with Crippen molar-refractivity contribution in [2.75, 3.05) is 0 Å². The van der Waals surface area contributed by atoms with Crippen LogP contribution in [0.2, 0.25) is 0 Å². The van der Waals surface area contributed by atoms with Gasteiger partial charge in [-0.25, -0.2) is 0 Å². The van der Waals surface area contributed by atoms with E-state index >= 15 is 0 Å². The lowest BCUT2D eigenvalue weighted by Crippen LogP contribution is -2.22. The monoisotopic (exact) mass is 410 g/mol. The Labute approximate surface area is 168 Å². The number of hydrogen-bond donors (Lipinski definition) is 0. The summed E-state index contributed by atoms with van der Waals surface area (Å²) < 4.78 is 62.3. The van der Waals surface area contributed by atoms with E-state index < -0.39 is 12.7 Å². The number of benzene rings is 2. The molecule has 1 aliphatic rings. The third kappa shape index (κ3) is 5.87. The maximum Gasteiger partial charge on any atom is 0.426 e. The second-order valence-corrected chi connectivity index (χ2v) is 7.60. The van der Waals surface area contributed by atoms with E-state index in [1.54, 1.807) is 12.1 Å². The quantitative estimate of drug-likeness (QED) is 0.420. The van der Waals surface area contributed by atoms with Gasteiger partial charge in [0, 0.05) is 0 Å². The minimum absolute atomic E-state index is 0.117. The van der Waals surface area contributed by atoms with Crippen LogP contribution < -0.4 is 9.47 Å². The normalized spacial score (nSPS) is 19.9. The first kappa shape index (κ1) is 21.5. The van der Waals surface area contributed by atoms with Gasteiger partial charge in [-0.3, -0.25) is 0 Å². The molecule has 0 bridgehead atoms. The maximum atomic E-state index is 14.5. The van der Waals surface area contributed by atoms with Crippen LogP contribution in [-0.2, 0) is 6.11 Å². The number of halogens is 4. The number of alkyl halides is 4. The van der Waals surface area contributed by atoms with Crippen molar-refractivity contribution in [2.45, 2.75) is 64.1 Å². The van der Waals surface area contributed by atoms with E-state index in [9.17, 15) is 17.6 Å². The molecule has 1 saturated carbocycles. The first-order valence-electron chi connectivity index (χ1n) is 10.1. The summed E-state index contributed by atoms with van der Waals surface area (Å²) in [4.78, 5) is 0. The number of ether oxygens (including phenoxy) is 2. The predicted octanol–water partition coefficient (Wildman–Crippen LogP) is 7.49. The van der Waals surface area contributed by atoms with Crippen LogP contribution in [0, 0.1) is 5.92 Å². The van der Waals surface area contributed by atoms with Gasteiger partial charge in [-0.05, 0) is 79.5 Å². The van der Waals surface area contributed by atoms with Crippen LogP contribution in [0.15, 0.2) is 48.5 Å². The van der Waals surface area contributed by atoms with Gasteiger partial charge in [0.2, 0.25) is 0 Å². The average Bonchev–Trinajstić information content (AvgIpc) is 2.70. The summed E-state index contributed by atoms with van der Waals surface area (Å²) in [7, 11) is 0. The van der Waals surface area contributed by atoms with Crippen LogP contribution in [0.4, 0.5) is 17.6 Å². The van der Waals surface area contributed by atoms with Gasteiger partial charge in [-0.2, -0.15) is 17.6 Å². The van der Waals surface area contributed by atoms with Crippen molar-refractivity contribution in [3.8, 4) is 11.5 Å². The second-order valence-electron chi connectivity index (χ2n) is 7.60. The summed E-state index contributed by atoms with van der Waals surface area (Å²) in [5, 5.41) is 0. The summed E-state index contributed by atoms with van der Waals surface area (Å²) in [6, 6.07) is 11.0. The van der Waals surface area contributed by atoms with E-state index in [0.29, 0.717) is 5.92 Å². The Balaban J connectivity index is 1.61. The van der Waals surface area contributed by atoms with E-state index in [1.807, 2.05) is 0 Å². The van der Waals surface area contributed by atoms with Crippen molar-refractivity contribution in [1.82, 2.24) is 0 Å². The Bertz CT molecular complexity index is 751. The van der Waals surface area contributed by atoms with Crippen LogP contribution in [0.5, 0.6) is 11.5 Å². The molecule has 0 aliphatic heterocycles. The smallest absolute Gasteiger partial charge is 0.426 e. The molecule has 0 unspecified atom stereocenters. The molecule has 6 heteroatoms. The van der Waals surface area contributed by atoms with E-state index in [1.165, 1.54) is 49.9 Å². The Morgan fingerprint density at radius 3 is 2.03 bits per heavy atom. The Kier molecular flexibility index (Phi) is 7.04. The van der Waals surface area contributed by atoms with E-state index in [0.717, 1.165) is 36.5 Å². The van der Waals surface area contributed by atoms with Gasteiger partial charge in [0.25, 0.3) is 0 Å². The molecule has 0 radical (unpaired) electrons. The zero-order valence-corrected chi connectivity index (χ0v) is 16.4. The molecule has 0 amide bonds. The molecule has 29 heavy (non-hydrogen) atoms. The van der Waals surface area contributed by atoms with Crippen LogP contribution in [0.25, 0.3) is 0 Å². The van der Waals surface area contributed by atoms with Gasteiger partial charge >= 0.3 is 12.7 Å². The van der Waals surface area contributed by atoms with Crippen LogP contribution in [-0.4, -0.2) is 6.61 Å². The fourth-order valence-electron chi connectivity index (χ4n) is 4.04. The third-order valence-corrected chi connectivity index (χ3v) is 5.56. The minimum atomic E-state index is -3.53. The van der Waals surface area contributed by atoms with E-state index in [2.05, 4.69) is 11.7 Å². The van der Waals surface area contributed by atoms with Crippen molar-refractivity contribution in [3.63, 3.8) is 0 Å². The summed E-state index contributed by atoms with van der Waals surface area (Å²) in [6.45, 7) is -0.762. The fourth-order valence-corrected chi connectivity index (χ4v) is 4.04. The summed E-state index contributed by atoms with van der Waals surface area (Å²) in [5.41, 5.74) is 0.849. The summed E-state index contributed by atoms with van der Waals surface area (Å²) >= 11 is 0. The SMILES string of the molecule is CCC[C@H]1CC[C@H](c2ccc(C(F)(F)Oc3ccc(OC(F)F)cc3)cc2)CC1.